The van der Waals surface area contributed by atoms with Crippen LogP contribution in [0.4, 0.5) is 4.39 Å². The number of hydrogen-bond donors (Lipinski definition) is 1. The number of nitrogens with zero attached hydrogens (tertiary/aromatic N) is 2. The van der Waals surface area contributed by atoms with Gasteiger partial charge in [-0.3, -0.25) is 9.59 Å². The number of amides is 2. The molecule has 1 aliphatic rings. The maximum atomic E-state index is 13.0. The van der Waals surface area contributed by atoms with Gasteiger partial charge in [0.1, 0.15) is 11.6 Å². The molecule has 0 spiro atoms. The largest absolute Gasteiger partial charge is 0.360 e. The summed E-state index contributed by atoms with van der Waals surface area (Å²) in [6.07, 6.45) is 4.02. The van der Waals surface area contributed by atoms with Crippen LogP contribution >= 0.6 is 0 Å². The van der Waals surface area contributed by atoms with Crippen molar-refractivity contribution in [2.45, 2.75) is 44.6 Å². The Labute approximate surface area is 192 Å². The molecule has 1 N–H and O–H groups in total. The van der Waals surface area contributed by atoms with E-state index in [0.29, 0.717) is 18.7 Å². The molecule has 33 heavy (non-hydrogen) atoms. The van der Waals surface area contributed by atoms with Crippen molar-refractivity contribution in [3.05, 3.63) is 89.1 Å². The van der Waals surface area contributed by atoms with E-state index in [1.165, 1.54) is 17.7 Å². The van der Waals surface area contributed by atoms with Crippen LogP contribution in [0.3, 0.4) is 0 Å². The highest BCUT2D eigenvalue weighted by atomic mass is 19.1. The summed E-state index contributed by atoms with van der Waals surface area (Å²) >= 11 is 0. The van der Waals surface area contributed by atoms with Crippen molar-refractivity contribution in [1.29, 1.82) is 0 Å². The van der Waals surface area contributed by atoms with Gasteiger partial charge in [0.25, 0.3) is 5.91 Å². The number of halogens is 1. The molecule has 172 valence electrons. The second-order valence-corrected chi connectivity index (χ2v) is 8.44. The Balaban J connectivity index is 1.27. The molecule has 1 aromatic heterocycles. The fraction of sp³-hybridized carbons (Fsp3) is 0.346. The number of likely N-dealkylation sites (tertiary alicyclic amines) is 1. The summed E-state index contributed by atoms with van der Waals surface area (Å²) in [5.41, 5.74) is 2.24. The molecule has 0 radical (unpaired) electrons. The number of rotatable bonds is 8. The zero-order chi connectivity index (χ0) is 23.0. The predicted octanol–water partition coefficient (Wildman–Crippen LogP) is 4.47. The standard InChI is InChI=1S/C26H28FN3O3/c27-22-13-11-20(12-14-22)17-28-26(32)23-16-24(33-29-23)21-9-5-15-30(18-21)25(31)10-4-8-19-6-2-1-3-7-19/h1-3,6-7,11-14,16,21H,4-5,8-10,15,17-18H2,(H,28,32). The maximum absolute atomic E-state index is 13.0. The lowest BCUT2D eigenvalue weighted by molar-refractivity contribution is -0.132. The van der Waals surface area contributed by atoms with Gasteiger partial charge >= 0.3 is 0 Å². The third-order valence-electron chi connectivity index (χ3n) is 6.00. The van der Waals surface area contributed by atoms with Crippen molar-refractivity contribution in [3.8, 4) is 0 Å². The molecular weight excluding hydrogens is 421 g/mol. The molecule has 4 rings (SSSR count). The Morgan fingerprint density at radius 1 is 1.09 bits per heavy atom. The van der Waals surface area contributed by atoms with Gasteiger partial charge in [0, 0.05) is 38.0 Å². The zero-order valence-corrected chi connectivity index (χ0v) is 18.5. The molecular formula is C26H28FN3O3. The summed E-state index contributed by atoms with van der Waals surface area (Å²) in [4.78, 5) is 27.0. The Bertz CT molecular complexity index is 1070. The van der Waals surface area contributed by atoms with E-state index in [0.717, 1.165) is 37.8 Å². The van der Waals surface area contributed by atoms with Crippen LogP contribution in [-0.2, 0) is 17.8 Å². The van der Waals surface area contributed by atoms with Crippen LogP contribution in [0, 0.1) is 5.82 Å². The SMILES string of the molecule is O=C(NCc1ccc(F)cc1)c1cc(C2CCCN(C(=O)CCCc3ccccc3)C2)on1. The minimum atomic E-state index is -0.348. The lowest BCUT2D eigenvalue weighted by Crippen LogP contribution is -2.39. The molecule has 1 saturated heterocycles. The summed E-state index contributed by atoms with van der Waals surface area (Å²) < 4.78 is 18.5. The first kappa shape index (κ1) is 22.7. The monoisotopic (exact) mass is 449 g/mol. The zero-order valence-electron chi connectivity index (χ0n) is 18.5. The van der Waals surface area contributed by atoms with Crippen LogP contribution in [0.25, 0.3) is 0 Å². The van der Waals surface area contributed by atoms with Gasteiger partial charge in [-0.15, -0.1) is 0 Å². The van der Waals surface area contributed by atoms with Crippen molar-refractivity contribution in [1.82, 2.24) is 15.4 Å². The van der Waals surface area contributed by atoms with E-state index in [-0.39, 0.29) is 35.8 Å². The van der Waals surface area contributed by atoms with Gasteiger partial charge in [-0.25, -0.2) is 4.39 Å². The van der Waals surface area contributed by atoms with Gasteiger partial charge in [-0.05, 0) is 48.9 Å². The first-order valence-electron chi connectivity index (χ1n) is 11.4. The average Bonchev–Trinajstić information content (AvgIpc) is 3.35. The molecule has 0 aliphatic carbocycles. The normalized spacial score (nSPS) is 15.9. The summed E-state index contributed by atoms with van der Waals surface area (Å²) in [5.74, 6) is 0.153. The summed E-state index contributed by atoms with van der Waals surface area (Å²) in [7, 11) is 0. The Morgan fingerprint density at radius 2 is 1.88 bits per heavy atom. The summed E-state index contributed by atoms with van der Waals surface area (Å²) in [6.45, 7) is 1.60. The molecule has 6 nitrogen and oxygen atoms in total. The minimum Gasteiger partial charge on any atom is -0.360 e. The molecule has 1 atom stereocenters. The number of piperidine rings is 1. The Kier molecular flexibility index (Phi) is 7.50. The second-order valence-electron chi connectivity index (χ2n) is 8.44. The van der Waals surface area contributed by atoms with Gasteiger partial charge in [-0.1, -0.05) is 47.6 Å². The van der Waals surface area contributed by atoms with E-state index in [1.807, 2.05) is 23.1 Å². The fourth-order valence-electron chi connectivity index (χ4n) is 4.15. The van der Waals surface area contributed by atoms with Crippen LogP contribution < -0.4 is 5.32 Å². The number of nitrogens with one attached hydrogen (secondary N) is 1. The van der Waals surface area contributed by atoms with E-state index >= 15 is 0 Å². The molecule has 3 aromatic rings. The summed E-state index contributed by atoms with van der Waals surface area (Å²) in [5, 5.41) is 6.69. The first-order valence-corrected chi connectivity index (χ1v) is 11.4. The van der Waals surface area contributed by atoms with Crippen molar-refractivity contribution in [3.63, 3.8) is 0 Å². The Hall–Kier alpha value is -3.48. The predicted molar refractivity (Wildman–Crippen MR) is 122 cm³/mol. The second kappa shape index (κ2) is 10.9. The molecule has 2 heterocycles. The van der Waals surface area contributed by atoms with Crippen molar-refractivity contribution in [2.75, 3.05) is 13.1 Å². The molecule has 2 aromatic carbocycles. The number of aromatic nitrogens is 1. The highest BCUT2D eigenvalue weighted by Gasteiger charge is 2.28. The number of aryl methyl sites for hydroxylation is 1. The molecule has 1 aliphatic heterocycles. The minimum absolute atomic E-state index is 0.0305. The number of benzene rings is 2. The molecule has 1 fully saturated rings. The van der Waals surface area contributed by atoms with E-state index < -0.39 is 0 Å². The molecule has 0 bridgehead atoms. The van der Waals surface area contributed by atoms with Crippen LogP contribution in [0.15, 0.2) is 65.2 Å². The topological polar surface area (TPSA) is 75.4 Å². The van der Waals surface area contributed by atoms with Crippen molar-refractivity contribution < 1.29 is 18.5 Å². The van der Waals surface area contributed by atoms with Gasteiger partial charge in [0.15, 0.2) is 5.69 Å². The van der Waals surface area contributed by atoms with Crippen molar-refractivity contribution in [2.24, 2.45) is 0 Å². The highest BCUT2D eigenvalue weighted by Crippen LogP contribution is 2.28. The quantitative estimate of drug-likeness (QED) is 0.551. The third kappa shape index (κ3) is 6.28. The number of carbonyl (C=O) groups is 2. The Morgan fingerprint density at radius 3 is 2.67 bits per heavy atom. The maximum Gasteiger partial charge on any atom is 0.273 e. The highest BCUT2D eigenvalue weighted by molar-refractivity contribution is 5.92. The number of carbonyl (C=O) groups excluding carboxylic acids is 2. The summed E-state index contributed by atoms with van der Waals surface area (Å²) in [6, 6.07) is 17.8. The van der Waals surface area contributed by atoms with Gasteiger partial charge in [0.05, 0.1) is 0 Å². The molecule has 7 heteroatoms. The van der Waals surface area contributed by atoms with Crippen LogP contribution in [0.2, 0.25) is 0 Å². The first-order chi connectivity index (χ1) is 16.1. The van der Waals surface area contributed by atoms with E-state index in [1.54, 1.807) is 18.2 Å². The number of hydrogen-bond acceptors (Lipinski definition) is 4. The van der Waals surface area contributed by atoms with Crippen LogP contribution in [-0.4, -0.2) is 35.0 Å². The smallest absolute Gasteiger partial charge is 0.273 e. The van der Waals surface area contributed by atoms with Gasteiger partial charge in [-0.2, -0.15) is 0 Å². The molecule has 1 unspecified atom stereocenters. The van der Waals surface area contributed by atoms with Gasteiger partial charge in [0.2, 0.25) is 5.91 Å². The van der Waals surface area contributed by atoms with Gasteiger partial charge < -0.3 is 14.7 Å². The van der Waals surface area contributed by atoms with E-state index in [9.17, 15) is 14.0 Å². The van der Waals surface area contributed by atoms with Crippen LogP contribution in [0.5, 0.6) is 0 Å². The molecule has 2 amide bonds. The average molecular weight is 450 g/mol. The van der Waals surface area contributed by atoms with Crippen molar-refractivity contribution >= 4 is 11.8 Å². The third-order valence-corrected chi connectivity index (χ3v) is 6.00. The van der Waals surface area contributed by atoms with E-state index in [2.05, 4.69) is 22.6 Å². The van der Waals surface area contributed by atoms with E-state index in [4.69, 9.17) is 4.52 Å². The lowest BCUT2D eigenvalue weighted by atomic mass is 9.95. The molecule has 0 saturated carbocycles. The fourth-order valence-corrected chi connectivity index (χ4v) is 4.15. The van der Waals surface area contributed by atoms with Crippen LogP contribution in [0.1, 0.15) is 59.0 Å². The lowest BCUT2D eigenvalue weighted by Gasteiger charge is -2.31.